The SMILES string of the molecule is O=C(C(c1c(O)cc(O)cc1OCc1ccccc1)n1cc2cccc(OCC3CNC3)c2c1)C(c1c(O)cc(O)cc1OCc1ccccc1)n1cc2cccc(OCC3CNC3)c2c1. The number of phenols is 4. The maximum Gasteiger partial charge on any atom is 0.187 e. The Kier molecular flexibility index (Phi) is 11.9. The van der Waals surface area contributed by atoms with Crippen LogP contribution in [-0.2, 0) is 18.0 Å². The second kappa shape index (κ2) is 18.5. The van der Waals surface area contributed by atoms with Gasteiger partial charge in [0.25, 0.3) is 0 Å². The van der Waals surface area contributed by atoms with Crippen LogP contribution in [0.5, 0.6) is 46.0 Å². The molecule has 0 aliphatic carbocycles. The van der Waals surface area contributed by atoms with E-state index in [1.54, 1.807) is 9.13 Å². The van der Waals surface area contributed by atoms with Gasteiger partial charge >= 0.3 is 0 Å². The molecular formula is C53H50N4O9. The first kappa shape index (κ1) is 42.3. The molecule has 66 heavy (non-hydrogen) atoms. The molecule has 6 N–H and O–H groups in total. The summed E-state index contributed by atoms with van der Waals surface area (Å²) in [5.74, 6) is 0.271. The van der Waals surface area contributed by atoms with E-state index >= 15 is 4.79 Å². The zero-order valence-electron chi connectivity index (χ0n) is 36.0. The Morgan fingerprint density at radius 2 is 0.939 bits per heavy atom. The number of nitrogens with zero attached hydrogens (tertiary/aromatic N) is 2. The highest BCUT2D eigenvalue weighted by molar-refractivity contribution is 5.97. The smallest absolute Gasteiger partial charge is 0.187 e. The standard InChI is InChI=1S/C53H50N4O9/c58-39-17-43(60)49(47(19-39)65-29-33-9-3-1-4-10-33)51(56-25-37-13-7-15-45(41(37)27-56)63-31-35-21-54-22-35)53(62)52(50-44(61)18-40(59)20-48(50)66-30-34-11-5-2-6-12-34)57-26-38-14-8-16-46(42(38)28-57)64-32-36-23-55-24-36/h1-20,25-28,35-36,51-52,54-55,58-61H,21-24,29-32H2. The molecule has 10 rings (SSSR count). The minimum Gasteiger partial charge on any atom is -0.508 e. The lowest BCUT2D eigenvalue weighted by Crippen LogP contribution is -2.45. The quantitative estimate of drug-likeness (QED) is 0.0491. The van der Waals surface area contributed by atoms with E-state index in [2.05, 4.69) is 10.6 Å². The third-order valence-electron chi connectivity index (χ3n) is 12.4. The van der Waals surface area contributed by atoms with E-state index in [4.69, 9.17) is 18.9 Å². The van der Waals surface area contributed by atoms with Crippen LogP contribution in [0.25, 0.3) is 21.5 Å². The van der Waals surface area contributed by atoms with Crippen molar-refractivity contribution >= 4 is 27.3 Å². The molecule has 4 heterocycles. The van der Waals surface area contributed by atoms with Crippen LogP contribution >= 0.6 is 0 Å². The van der Waals surface area contributed by atoms with Gasteiger partial charge in [0.05, 0.1) is 24.3 Å². The predicted octanol–water partition coefficient (Wildman–Crippen LogP) is 8.22. The van der Waals surface area contributed by atoms with E-state index < -0.39 is 29.4 Å². The zero-order chi connectivity index (χ0) is 45.1. The molecule has 2 saturated heterocycles. The van der Waals surface area contributed by atoms with E-state index in [0.29, 0.717) is 36.5 Å². The molecule has 6 aromatic carbocycles. The summed E-state index contributed by atoms with van der Waals surface area (Å²) in [6.45, 7) is 4.58. The number of aromatic hydroxyl groups is 4. The van der Waals surface area contributed by atoms with Gasteiger partial charge in [-0.2, -0.15) is 0 Å². The molecule has 2 aromatic heterocycles. The molecule has 0 radical (unpaired) electrons. The summed E-state index contributed by atoms with van der Waals surface area (Å²) >= 11 is 0. The van der Waals surface area contributed by atoms with E-state index in [1.807, 2.05) is 122 Å². The first-order valence-electron chi connectivity index (χ1n) is 22.1. The Hall–Kier alpha value is -7.61. The largest absolute Gasteiger partial charge is 0.508 e. The second-order valence-electron chi connectivity index (χ2n) is 17.1. The number of ketones is 1. The highest BCUT2D eigenvalue weighted by atomic mass is 16.5. The van der Waals surface area contributed by atoms with E-state index in [-0.39, 0.29) is 47.3 Å². The summed E-state index contributed by atoms with van der Waals surface area (Å²) < 4.78 is 29.1. The number of carbonyl (C=O) groups excluding carboxylic acids is 1. The highest BCUT2D eigenvalue weighted by Crippen LogP contribution is 2.47. The molecule has 336 valence electrons. The van der Waals surface area contributed by atoms with Crippen LogP contribution < -0.4 is 29.6 Å². The lowest BCUT2D eigenvalue weighted by molar-refractivity contribution is -0.123. The maximum atomic E-state index is 16.4. The minimum atomic E-state index is -1.38. The van der Waals surface area contributed by atoms with Crippen molar-refractivity contribution < 1.29 is 44.2 Å². The molecule has 2 fully saturated rings. The first-order valence-corrected chi connectivity index (χ1v) is 22.1. The molecule has 2 aliphatic heterocycles. The van der Waals surface area contributed by atoms with E-state index in [9.17, 15) is 20.4 Å². The zero-order valence-corrected chi connectivity index (χ0v) is 36.0. The van der Waals surface area contributed by atoms with Gasteiger partial charge in [-0.3, -0.25) is 4.79 Å². The van der Waals surface area contributed by atoms with Gasteiger partial charge < -0.3 is 59.1 Å². The number of fused-ring (bicyclic) bond motifs is 2. The van der Waals surface area contributed by atoms with Crippen molar-refractivity contribution in [3.8, 4) is 46.0 Å². The molecule has 0 saturated carbocycles. The lowest BCUT2D eigenvalue weighted by atomic mass is 9.90. The average molecular weight is 887 g/mol. The second-order valence-corrected chi connectivity index (χ2v) is 17.1. The molecule has 8 aromatic rings. The number of hydrogen-bond donors (Lipinski definition) is 6. The monoisotopic (exact) mass is 886 g/mol. The van der Waals surface area contributed by atoms with Gasteiger partial charge in [-0.15, -0.1) is 0 Å². The van der Waals surface area contributed by atoms with Crippen LogP contribution in [0.4, 0.5) is 0 Å². The Morgan fingerprint density at radius 1 is 0.515 bits per heavy atom. The normalized spacial score (nSPS) is 14.9. The Bertz CT molecular complexity index is 2800. The van der Waals surface area contributed by atoms with Crippen molar-refractivity contribution in [2.75, 3.05) is 39.4 Å². The molecule has 13 heteroatoms. The number of Topliss-reactive ketones (excluding diaryl/α,β-unsaturated/α-hetero) is 1. The fourth-order valence-electron chi connectivity index (χ4n) is 8.70. The van der Waals surface area contributed by atoms with Crippen molar-refractivity contribution in [3.05, 3.63) is 168 Å². The average Bonchev–Trinajstić information content (AvgIpc) is 3.92. The molecule has 2 aliphatic rings. The van der Waals surface area contributed by atoms with Gasteiger partial charge in [-0.1, -0.05) is 84.9 Å². The number of phenolic OH excluding ortho intramolecular Hbond substituents is 4. The molecule has 0 amide bonds. The summed E-state index contributed by atoms with van der Waals surface area (Å²) in [6, 6.07) is 32.7. The third kappa shape index (κ3) is 8.78. The number of rotatable bonds is 18. The van der Waals surface area contributed by atoms with Crippen LogP contribution in [-0.4, -0.2) is 74.7 Å². The number of carbonyl (C=O) groups is 1. The molecule has 0 spiro atoms. The molecule has 2 atom stereocenters. The number of benzene rings is 6. The molecule has 13 nitrogen and oxygen atoms in total. The summed E-state index contributed by atoms with van der Waals surface area (Å²) in [6.07, 6.45) is 7.26. The van der Waals surface area contributed by atoms with Crippen molar-refractivity contribution in [1.29, 1.82) is 0 Å². The number of nitrogens with one attached hydrogen (secondary N) is 2. The van der Waals surface area contributed by atoms with E-state index in [1.165, 1.54) is 24.3 Å². The lowest BCUT2D eigenvalue weighted by Gasteiger charge is -2.29. The predicted molar refractivity (Wildman–Crippen MR) is 250 cm³/mol. The maximum absolute atomic E-state index is 16.4. The van der Waals surface area contributed by atoms with Gasteiger partial charge in [0.2, 0.25) is 0 Å². The number of hydrogen-bond acceptors (Lipinski definition) is 11. The van der Waals surface area contributed by atoms with Gasteiger partial charge in [0.15, 0.2) is 5.78 Å². The van der Waals surface area contributed by atoms with Gasteiger partial charge in [0, 0.05) is 109 Å². The summed E-state index contributed by atoms with van der Waals surface area (Å²) in [7, 11) is 0. The fourth-order valence-corrected chi connectivity index (χ4v) is 8.70. The number of ether oxygens (including phenoxy) is 4. The third-order valence-corrected chi connectivity index (χ3v) is 12.4. The van der Waals surface area contributed by atoms with Crippen LogP contribution in [0.3, 0.4) is 0 Å². The van der Waals surface area contributed by atoms with Crippen LogP contribution in [0, 0.1) is 11.8 Å². The van der Waals surface area contributed by atoms with Gasteiger partial charge in [-0.05, 0) is 23.3 Å². The first-order chi connectivity index (χ1) is 32.3. The van der Waals surface area contributed by atoms with Crippen LogP contribution in [0.15, 0.2) is 146 Å². The van der Waals surface area contributed by atoms with E-state index in [0.717, 1.165) is 58.9 Å². The molecular weight excluding hydrogens is 837 g/mol. The Labute approximate surface area is 381 Å². The highest BCUT2D eigenvalue weighted by Gasteiger charge is 2.39. The summed E-state index contributed by atoms with van der Waals surface area (Å²) in [4.78, 5) is 16.4. The minimum absolute atomic E-state index is 0.0572. The van der Waals surface area contributed by atoms with Crippen molar-refractivity contribution in [2.24, 2.45) is 11.8 Å². The summed E-state index contributed by atoms with van der Waals surface area (Å²) in [5, 5.41) is 55.6. The Balaban J connectivity index is 1.16. The van der Waals surface area contributed by atoms with Crippen LogP contribution in [0.1, 0.15) is 34.3 Å². The molecule has 0 bridgehead atoms. The van der Waals surface area contributed by atoms with Crippen molar-refractivity contribution in [2.45, 2.75) is 25.3 Å². The van der Waals surface area contributed by atoms with Gasteiger partial charge in [0.1, 0.15) is 71.3 Å². The van der Waals surface area contributed by atoms with Crippen molar-refractivity contribution in [1.82, 2.24) is 19.8 Å². The van der Waals surface area contributed by atoms with Crippen LogP contribution in [0.2, 0.25) is 0 Å². The fraction of sp³-hybridized carbons (Fsp3) is 0.226. The topological polar surface area (TPSA) is 169 Å². The molecule has 2 unspecified atom stereocenters. The van der Waals surface area contributed by atoms with Gasteiger partial charge in [-0.25, -0.2) is 0 Å². The summed E-state index contributed by atoms with van der Waals surface area (Å²) in [5.41, 5.74) is 1.79. The Morgan fingerprint density at radius 3 is 1.33 bits per heavy atom. The van der Waals surface area contributed by atoms with Crippen molar-refractivity contribution in [3.63, 3.8) is 0 Å². The number of aromatic nitrogens is 2.